The molecule has 8 atom stereocenters. The van der Waals surface area contributed by atoms with Gasteiger partial charge in [-0.25, -0.2) is 19.4 Å². The summed E-state index contributed by atoms with van der Waals surface area (Å²) in [6.45, 7) is -2.06. The van der Waals surface area contributed by atoms with Crippen LogP contribution in [0.15, 0.2) is 28.2 Å². The second-order valence-electron chi connectivity index (χ2n) is 11.9. The number of hydrogen-bond donors (Lipinski definition) is 5. The first-order valence-corrected chi connectivity index (χ1v) is 18.7. The number of aromatic amines is 1. The van der Waals surface area contributed by atoms with Crippen LogP contribution in [-0.2, 0) is 46.5 Å². The van der Waals surface area contributed by atoms with Crippen LogP contribution in [0.5, 0.6) is 0 Å². The van der Waals surface area contributed by atoms with E-state index in [1.807, 2.05) is 0 Å². The van der Waals surface area contributed by atoms with E-state index in [0.717, 1.165) is 18.0 Å². The number of nitrogens with zero attached hydrogens (tertiary/aromatic N) is 5. The number of aliphatic hydroxyl groups excluding tert-OH is 1. The fourth-order valence-electron chi connectivity index (χ4n) is 5.75. The number of methoxy groups -OCH3 is 1. The molecule has 2 aliphatic heterocycles. The molecule has 0 aliphatic carbocycles. The zero-order valence-electron chi connectivity index (χ0n) is 31.9. The van der Waals surface area contributed by atoms with Gasteiger partial charge in [0.2, 0.25) is 5.95 Å². The fourth-order valence-corrected chi connectivity index (χ4v) is 7.68. The average molecular weight is 898 g/mol. The summed E-state index contributed by atoms with van der Waals surface area (Å²) in [5.74, 6) is -6.27. The van der Waals surface area contributed by atoms with Gasteiger partial charge in [-0.05, 0) is 18.9 Å². The van der Waals surface area contributed by atoms with Crippen molar-refractivity contribution in [2.75, 3.05) is 38.3 Å². The predicted octanol–water partition coefficient (Wildman–Crippen LogP) is -18.0. The van der Waals surface area contributed by atoms with Crippen molar-refractivity contribution < 1.29 is 190 Å². The van der Waals surface area contributed by atoms with E-state index in [1.165, 1.54) is 16.8 Å². The number of carbonyl (C=O) groups is 2. The van der Waals surface area contributed by atoms with Gasteiger partial charge in [0, 0.05) is 32.2 Å². The maximum Gasteiger partial charge on any atom is 1.00 e. The first-order chi connectivity index (χ1) is 25.4. The van der Waals surface area contributed by atoms with E-state index in [-0.39, 0.29) is 154 Å². The number of carbonyl (C=O) groups excluding carboxylic acids is 2. The monoisotopic (exact) mass is 897 g/mol. The Morgan fingerprint density at radius 2 is 1.71 bits per heavy atom. The maximum absolute atomic E-state index is 14.4. The van der Waals surface area contributed by atoms with Crippen LogP contribution in [0.2, 0.25) is 0 Å². The quantitative estimate of drug-likeness (QED) is 0.0342. The number of aromatic nitrogens is 6. The third-order valence-corrected chi connectivity index (χ3v) is 10.3. The average Bonchev–Trinajstić information content (AvgIpc) is 3.76. The van der Waals surface area contributed by atoms with Gasteiger partial charge in [0.1, 0.15) is 30.2 Å². The number of nitrogen functional groups attached to an aromatic ring is 2. The summed E-state index contributed by atoms with van der Waals surface area (Å²) < 4.78 is 61.3. The third kappa shape index (κ3) is 14.2. The number of phosphoric ester groups is 1. The van der Waals surface area contributed by atoms with Gasteiger partial charge in [-0.2, -0.15) is 9.97 Å². The molecule has 32 heteroatoms. The SMILES string of the molecule is CO[C@@H]1[C@H](OP(=O)(NCCCC(C(=O)[O-])C(=O)[O-])OC[C@@H]2C[C@@H](O)[C@H](n3ccc(N)nc3=O)O2)[C@@H](COP(=O)([O-])[O-])O[C@H]1n1cnc2c(=O)[nH]c(N)nc21.[Na+].[Na+].[Na+].[Na+]. The van der Waals surface area contributed by atoms with E-state index in [2.05, 4.69) is 29.5 Å². The van der Waals surface area contributed by atoms with Crippen molar-refractivity contribution in [3.63, 3.8) is 0 Å². The number of aliphatic carboxylic acids is 2. The summed E-state index contributed by atoms with van der Waals surface area (Å²) in [6.07, 6.45) is -8.30. The number of aliphatic hydroxyl groups is 1. The topological polar surface area (TPSA) is 399 Å². The van der Waals surface area contributed by atoms with Crippen molar-refractivity contribution in [1.29, 1.82) is 0 Å². The number of H-pyrrole nitrogens is 1. The summed E-state index contributed by atoms with van der Waals surface area (Å²) in [7, 11) is -9.25. The summed E-state index contributed by atoms with van der Waals surface area (Å²) in [5, 5.41) is 35.5. The third-order valence-electron chi connectivity index (χ3n) is 8.21. The molecule has 7 N–H and O–H groups in total. The van der Waals surface area contributed by atoms with Crippen molar-refractivity contribution in [1.82, 2.24) is 34.2 Å². The first-order valence-electron chi connectivity index (χ1n) is 15.7. The Labute approximate surface area is 415 Å². The van der Waals surface area contributed by atoms with Crippen LogP contribution in [0, 0.1) is 5.92 Å². The number of hydrogen-bond acceptors (Lipinski definition) is 22. The molecule has 5 heterocycles. The molecule has 0 radical (unpaired) electrons. The molecular formula is C26H33N9Na4O17P2. The molecule has 5 rings (SSSR count). The largest absolute Gasteiger partial charge is 1.00 e. The Morgan fingerprint density at radius 1 is 1.03 bits per heavy atom. The zero-order valence-corrected chi connectivity index (χ0v) is 41.6. The van der Waals surface area contributed by atoms with E-state index in [9.17, 15) is 53.4 Å². The van der Waals surface area contributed by atoms with Crippen molar-refractivity contribution >= 4 is 50.4 Å². The number of imidazole rings is 1. The van der Waals surface area contributed by atoms with Crippen molar-refractivity contribution in [2.24, 2.45) is 5.92 Å². The second-order valence-corrected chi connectivity index (χ2v) is 14.8. The minimum absolute atomic E-state index is 0. The van der Waals surface area contributed by atoms with Crippen molar-refractivity contribution in [3.8, 4) is 0 Å². The van der Waals surface area contributed by atoms with Crippen LogP contribution in [0.25, 0.3) is 11.2 Å². The van der Waals surface area contributed by atoms with Gasteiger partial charge >= 0.3 is 132 Å². The molecule has 1 unspecified atom stereocenters. The number of ether oxygens (including phenoxy) is 3. The molecule has 0 spiro atoms. The van der Waals surface area contributed by atoms with Gasteiger partial charge in [0.15, 0.2) is 23.6 Å². The number of carboxylic acid groups (broad SMARTS) is 2. The summed E-state index contributed by atoms with van der Waals surface area (Å²) in [5.41, 5.74) is 9.34. The molecule has 26 nitrogen and oxygen atoms in total. The van der Waals surface area contributed by atoms with Gasteiger partial charge in [0.05, 0.1) is 45.4 Å². The molecule has 298 valence electrons. The smallest absolute Gasteiger partial charge is 0.790 e. The predicted molar refractivity (Wildman–Crippen MR) is 167 cm³/mol. The van der Waals surface area contributed by atoms with E-state index < -0.39 is 114 Å². The molecular weight excluding hydrogens is 864 g/mol. The van der Waals surface area contributed by atoms with E-state index >= 15 is 0 Å². The molecule has 0 saturated carbocycles. The normalized spacial score (nSPS) is 23.9. The zero-order chi connectivity index (χ0) is 39.5. The fraction of sp³-hybridized carbons (Fsp3) is 0.577. The Bertz CT molecular complexity index is 2060. The van der Waals surface area contributed by atoms with Gasteiger partial charge in [0.25, 0.3) is 5.56 Å². The van der Waals surface area contributed by atoms with Gasteiger partial charge in [-0.15, -0.1) is 0 Å². The maximum atomic E-state index is 14.4. The van der Waals surface area contributed by atoms with Crippen LogP contribution in [0.3, 0.4) is 0 Å². The number of rotatable bonds is 18. The Morgan fingerprint density at radius 3 is 2.31 bits per heavy atom. The summed E-state index contributed by atoms with van der Waals surface area (Å²) in [6, 6.07) is 1.29. The first kappa shape index (κ1) is 55.8. The van der Waals surface area contributed by atoms with Crippen LogP contribution < -0.4 is 166 Å². The van der Waals surface area contributed by atoms with Gasteiger partial charge in [-0.3, -0.25) is 28.0 Å². The number of anilines is 2. The molecule has 3 aromatic heterocycles. The molecule has 58 heavy (non-hydrogen) atoms. The van der Waals surface area contributed by atoms with E-state index in [0.29, 0.717) is 0 Å². The number of fused-ring (bicyclic) bond motifs is 1. The molecule has 0 aromatic carbocycles. The standard InChI is InChI=1S/C26H37N9O17P2.4Na/c1-47-18-17(14(9-49-54(44,45)46)51-22(18)35-10-29-16-19(35)32-25(28)33-20(16)37)52-53(43,30-5-2-3-12(23(38)39)24(40)41)48-8-11-7-13(36)21(50-11)34-6-4-15(27)31-26(34)42;;;;/h4,6,10-14,17-18,21-22,36H,2-3,5,7-9H2,1H3,(H,30,43)(H,38,39)(H,40,41)(H2,27,31,42)(H2,44,45,46)(H3,28,32,33,37);;;;/q;4*+1/p-4/t11-,13+,14+,17+,18+,21+,22+,53?;;;;/m0..../s1. The minimum Gasteiger partial charge on any atom is -0.790 e. The molecule has 2 saturated heterocycles. The Kier molecular flexibility index (Phi) is 23.2. The van der Waals surface area contributed by atoms with Gasteiger partial charge in [-0.1, -0.05) is 0 Å². The van der Waals surface area contributed by atoms with E-state index in [1.54, 1.807) is 0 Å². The summed E-state index contributed by atoms with van der Waals surface area (Å²) >= 11 is 0. The molecule has 0 amide bonds. The minimum atomic E-state index is -5.64. The van der Waals surface area contributed by atoms with Gasteiger partial charge < -0.3 is 69.5 Å². The summed E-state index contributed by atoms with van der Waals surface area (Å²) in [4.78, 5) is 84.0. The molecule has 2 aliphatic rings. The van der Waals surface area contributed by atoms with Crippen molar-refractivity contribution in [2.45, 2.75) is 62.2 Å². The molecule has 2 fully saturated rings. The van der Waals surface area contributed by atoms with Crippen LogP contribution in [0.4, 0.5) is 11.8 Å². The number of nitrogens with two attached hydrogens (primary N) is 2. The van der Waals surface area contributed by atoms with Crippen LogP contribution in [0.1, 0.15) is 31.7 Å². The Balaban J connectivity index is 0.00000420. The van der Waals surface area contributed by atoms with Crippen LogP contribution in [-0.4, -0.2) is 104 Å². The van der Waals surface area contributed by atoms with Crippen molar-refractivity contribution in [3.05, 3.63) is 39.4 Å². The van der Waals surface area contributed by atoms with Crippen LogP contribution >= 0.6 is 15.6 Å². The van der Waals surface area contributed by atoms with E-state index in [4.69, 9.17) is 34.7 Å². The second kappa shape index (κ2) is 24.0. The number of phosphoric acid groups is 1. The Hall–Kier alpha value is -0.170. The number of nitrogens with one attached hydrogen (secondary N) is 2. The number of carboxylic acids is 2. The molecule has 3 aromatic rings. The molecule has 0 bridgehead atoms.